The normalized spacial score (nSPS) is 11.6. The lowest BCUT2D eigenvalue weighted by Gasteiger charge is -2.18. The third kappa shape index (κ3) is 3.43. The largest absolute Gasteiger partial charge is 0.496 e. The van der Waals surface area contributed by atoms with Gasteiger partial charge in [0.2, 0.25) is 10.0 Å². The van der Waals surface area contributed by atoms with Crippen LogP contribution in [0.2, 0.25) is 0 Å². The number of ether oxygens (including phenoxy) is 1. The Morgan fingerprint density at radius 1 is 1.10 bits per heavy atom. The van der Waals surface area contributed by atoms with Crippen LogP contribution in [0.25, 0.3) is 0 Å². The summed E-state index contributed by atoms with van der Waals surface area (Å²) in [4.78, 5) is 0.277. The number of rotatable bonds is 5. The lowest BCUT2D eigenvalue weighted by atomic mass is 10.2. The molecule has 0 heterocycles. The summed E-state index contributed by atoms with van der Waals surface area (Å²) < 4.78 is 31.7. The SMILES string of the molecule is COc1ccc(S(=O)(=O)N(C)Cc2ccccc2)cc1C. The van der Waals surface area contributed by atoms with Crippen molar-refractivity contribution in [2.75, 3.05) is 14.2 Å². The van der Waals surface area contributed by atoms with Crippen LogP contribution in [0.5, 0.6) is 5.75 Å². The number of hydrogen-bond donors (Lipinski definition) is 0. The first kappa shape index (κ1) is 15.5. The monoisotopic (exact) mass is 305 g/mol. The zero-order valence-electron chi connectivity index (χ0n) is 12.4. The summed E-state index contributed by atoms with van der Waals surface area (Å²) in [5, 5.41) is 0. The van der Waals surface area contributed by atoms with Crippen molar-refractivity contribution in [2.45, 2.75) is 18.4 Å². The Morgan fingerprint density at radius 3 is 2.33 bits per heavy atom. The molecule has 112 valence electrons. The van der Waals surface area contributed by atoms with E-state index in [0.29, 0.717) is 12.3 Å². The molecule has 21 heavy (non-hydrogen) atoms. The average molecular weight is 305 g/mol. The molecule has 0 aliphatic heterocycles. The molecular formula is C16H19NO3S. The fourth-order valence-corrected chi connectivity index (χ4v) is 3.36. The van der Waals surface area contributed by atoms with Crippen molar-refractivity contribution in [2.24, 2.45) is 0 Å². The van der Waals surface area contributed by atoms with Crippen LogP contribution in [0.1, 0.15) is 11.1 Å². The fourth-order valence-electron chi connectivity index (χ4n) is 2.12. The highest BCUT2D eigenvalue weighted by molar-refractivity contribution is 7.89. The highest BCUT2D eigenvalue weighted by Gasteiger charge is 2.21. The van der Waals surface area contributed by atoms with E-state index in [9.17, 15) is 8.42 Å². The molecule has 0 aliphatic rings. The molecule has 0 unspecified atom stereocenters. The maximum absolute atomic E-state index is 12.6. The summed E-state index contributed by atoms with van der Waals surface area (Å²) in [5.41, 5.74) is 1.75. The summed E-state index contributed by atoms with van der Waals surface area (Å²) in [6.07, 6.45) is 0. The molecule has 0 amide bonds. The third-order valence-electron chi connectivity index (χ3n) is 3.32. The number of aryl methyl sites for hydroxylation is 1. The van der Waals surface area contributed by atoms with Crippen LogP contribution >= 0.6 is 0 Å². The first-order chi connectivity index (χ1) is 9.95. The molecule has 2 aromatic carbocycles. The zero-order chi connectivity index (χ0) is 15.5. The van der Waals surface area contributed by atoms with E-state index in [1.165, 1.54) is 4.31 Å². The van der Waals surface area contributed by atoms with Crippen molar-refractivity contribution in [1.29, 1.82) is 0 Å². The molecule has 0 saturated heterocycles. The molecule has 0 N–H and O–H groups in total. The Morgan fingerprint density at radius 2 is 1.76 bits per heavy atom. The second-order valence-corrected chi connectivity index (χ2v) is 6.92. The fraction of sp³-hybridized carbons (Fsp3) is 0.250. The van der Waals surface area contributed by atoms with Gasteiger partial charge in [0.05, 0.1) is 12.0 Å². The quantitative estimate of drug-likeness (QED) is 0.853. The number of sulfonamides is 1. The molecule has 0 atom stereocenters. The van der Waals surface area contributed by atoms with Gasteiger partial charge in [0.1, 0.15) is 5.75 Å². The van der Waals surface area contributed by atoms with Crippen molar-refractivity contribution in [3.8, 4) is 5.75 Å². The molecule has 0 spiro atoms. The lowest BCUT2D eigenvalue weighted by molar-refractivity contribution is 0.411. The molecule has 0 bridgehead atoms. The van der Waals surface area contributed by atoms with Crippen molar-refractivity contribution < 1.29 is 13.2 Å². The first-order valence-corrected chi connectivity index (χ1v) is 8.04. The highest BCUT2D eigenvalue weighted by atomic mass is 32.2. The molecule has 0 radical (unpaired) electrons. The van der Waals surface area contributed by atoms with E-state index in [2.05, 4.69) is 0 Å². The molecule has 0 aromatic heterocycles. The first-order valence-electron chi connectivity index (χ1n) is 6.60. The number of hydrogen-bond acceptors (Lipinski definition) is 3. The van der Waals surface area contributed by atoms with Crippen molar-refractivity contribution in [3.63, 3.8) is 0 Å². The molecule has 2 aromatic rings. The number of nitrogens with zero attached hydrogens (tertiary/aromatic N) is 1. The van der Waals surface area contributed by atoms with Crippen LogP contribution in [0, 0.1) is 6.92 Å². The molecular weight excluding hydrogens is 286 g/mol. The van der Waals surface area contributed by atoms with Gasteiger partial charge in [-0.15, -0.1) is 0 Å². The summed E-state index contributed by atoms with van der Waals surface area (Å²) in [5.74, 6) is 0.680. The Labute approximate surface area is 126 Å². The van der Waals surface area contributed by atoms with E-state index in [4.69, 9.17) is 4.74 Å². The summed E-state index contributed by atoms with van der Waals surface area (Å²) in [6.45, 7) is 2.17. The number of benzene rings is 2. The van der Waals surface area contributed by atoms with Gasteiger partial charge in [0, 0.05) is 13.6 Å². The van der Waals surface area contributed by atoms with E-state index in [1.807, 2.05) is 37.3 Å². The molecule has 2 rings (SSSR count). The maximum Gasteiger partial charge on any atom is 0.243 e. The minimum Gasteiger partial charge on any atom is -0.496 e. The van der Waals surface area contributed by atoms with Gasteiger partial charge in [-0.1, -0.05) is 30.3 Å². The minimum atomic E-state index is -3.51. The smallest absolute Gasteiger partial charge is 0.243 e. The lowest BCUT2D eigenvalue weighted by Crippen LogP contribution is -2.26. The maximum atomic E-state index is 12.6. The van der Waals surface area contributed by atoms with Crippen LogP contribution in [0.3, 0.4) is 0 Å². The predicted octanol–water partition coefficient (Wildman–Crippen LogP) is 2.82. The Kier molecular flexibility index (Phi) is 4.65. The van der Waals surface area contributed by atoms with Gasteiger partial charge in [0.25, 0.3) is 0 Å². The summed E-state index contributed by atoms with van der Waals surface area (Å²) >= 11 is 0. The topological polar surface area (TPSA) is 46.6 Å². The van der Waals surface area contributed by atoms with Gasteiger partial charge >= 0.3 is 0 Å². The van der Waals surface area contributed by atoms with Gasteiger partial charge < -0.3 is 4.74 Å². The zero-order valence-corrected chi connectivity index (χ0v) is 13.2. The minimum absolute atomic E-state index is 0.277. The van der Waals surface area contributed by atoms with Crippen molar-refractivity contribution in [1.82, 2.24) is 4.31 Å². The van der Waals surface area contributed by atoms with Gasteiger partial charge in [-0.2, -0.15) is 4.31 Å². The average Bonchev–Trinajstić information content (AvgIpc) is 2.48. The molecule has 4 nitrogen and oxygen atoms in total. The Hall–Kier alpha value is -1.85. The molecule has 5 heteroatoms. The second-order valence-electron chi connectivity index (χ2n) is 4.88. The number of methoxy groups -OCH3 is 1. The van der Waals surface area contributed by atoms with Crippen LogP contribution in [-0.2, 0) is 16.6 Å². The highest BCUT2D eigenvalue weighted by Crippen LogP contribution is 2.23. The molecule has 0 aliphatic carbocycles. The van der Waals surface area contributed by atoms with Crippen LogP contribution in [-0.4, -0.2) is 26.9 Å². The van der Waals surface area contributed by atoms with Crippen LogP contribution < -0.4 is 4.74 Å². The van der Waals surface area contributed by atoms with Crippen LogP contribution in [0.15, 0.2) is 53.4 Å². The van der Waals surface area contributed by atoms with Gasteiger partial charge in [-0.05, 0) is 36.2 Å². The van der Waals surface area contributed by atoms with E-state index in [-0.39, 0.29) is 4.90 Å². The van der Waals surface area contributed by atoms with E-state index >= 15 is 0 Å². The Bertz CT molecular complexity index is 712. The summed E-state index contributed by atoms with van der Waals surface area (Å²) in [7, 11) is -0.354. The predicted molar refractivity (Wildman–Crippen MR) is 82.8 cm³/mol. The summed E-state index contributed by atoms with van der Waals surface area (Å²) in [6, 6.07) is 14.4. The Balaban J connectivity index is 2.27. The standard InChI is InChI=1S/C16H19NO3S/c1-13-11-15(9-10-16(13)20-3)21(18,19)17(2)12-14-7-5-4-6-8-14/h4-11H,12H2,1-3H3. The van der Waals surface area contributed by atoms with Crippen molar-refractivity contribution in [3.05, 3.63) is 59.7 Å². The van der Waals surface area contributed by atoms with Gasteiger partial charge in [-0.3, -0.25) is 0 Å². The van der Waals surface area contributed by atoms with Crippen LogP contribution in [0.4, 0.5) is 0 Å². The molecule has 0 fully saturated rings. The van der Waals surface area contributed by atoms with Crippen molar-refractivity contribution >= 4 is 10.0 Å². The van der Waals surface area contributed by atoms with E-state index in [0.717, 1.165) is 11.1 Å². The van der Waals surface area contributed by atoms with E-state index < -0.39 is 10.0 Å². The van der Waals surface area contributed by atoms with Gasteiger partial charge in [0.15, 0.2) is 0 Å². The molecule has 0 saturated carbocycles. The van der Waals surface area contributed by atoms with Gasteiger partial charge in [-0.25, -0.2) is 8.42 Å². The third-order valence-corrected chi connectivity index (χ3v) is 5.12. The second kappa shape index (κ2) is 6.28. The van der Waals surface area contributed by atoms with E-state index in [1.54, 1.807) is 32.4 Å².